The van der Waals surface area contributed by atoms with E-state index in [4.69, 9.17) is 11.1 Å². The molecule has 1 unspecified atom stereocenters. The Morgan fingerprint density at radius 2 is 1.76 bits per heavy atom. The average molecular weight is 528 g/mol. The summed E-state index contributed by atoms with van der Waals surface area (Å²) in [7, 11) is -3.69. The standard InChI is InChI=1S/C27H37N5O4S/c1-3-5-11-22-16-17-23(26(33)30-18-19-12-14-21(15-13-19)25(28)29)32(22)27(34)24(31-37(35,36)4-2)20-9-7-6-8-10-20/h6-10,12-15,22-24,31H,3-5,11,16-18H2,1-2H3,(H3,28,29)(H,30,33)/t22-,23-,24?/m0/s1. The number of carbonyl (C=O) groups excluding carboxylic acids is 2. The lowest BCUT2D eigenvalue weighted by molar-refractivity contribution is -0.142. The molecule has 37 heavy (non-hydrogen) atoms. The minimum atomic E-state index is -3.69. The quantitative estimate of drug-likeness (QED) is 0.248. The van der Waals surface area contributed by atoms with Crippen molar-refractivity contribution in [1.82, 2.24) is 14.9 Å². The molecular weight excluding hydrogens is 490 g/mol. The van der Waals surface area contributed by atoms with Crippen LogP contribution in [0.2, 0.25) is 0 Å². The number of amidine groups is 1. The predicted octanol–water partition coefficient (Wildman–Crippen LogP) is 2.82. The van der Waals surface area contributed by atoms with Crippen molar-refractivity contribution in [3.8, 4) is 0 Å². The Hall–Kier alpha value is -3.24. The van der Waals surface area contributed by atoms with Gasteiger partial charge in [-0.05, 0) is 37.3 Å². The second kappa shape index (κ2) is 12.8. The average Bonchev–Trinajstić information content (AvgIpc) is 3.33. The fraction of sp³-hybridized carbons (Fsp3) is 0.444. The van der Waals surface area contributed by atoms with E-state index in [-0.39, 0.29) is 30.1 Å². The molecule has 2 aromatic carbocycles. The number of carbonyl (C=O) groups is 2. The van der Waals surface area contributed by atoms with Crippen molar-refractivity contribution in [1.29, 1.82) is 5.41 Å². The summed E-state index contributed by atoms with van der Waals surface area (Å²) in [5, 5.41) is 10.4. The van der Waals surface area contributed by atoms with Gasteiger partial charge in [0.05, 0.1) is 5.75 Å². The third-order valence-corrected chi connectivity index (χ3v) is 8.09. The number of sulfonamides is 1. The zero-order valence-corrected chi connectivity index (χ0v) is 22.3. The summed E-state index contributed by atoms with van der Waals surface area (Å²) in [5.74, 6) is -0.865. The summed E-state index contributed by atoms with van der Waals surface area (Å²) in [5.41, 5.74) is 7.49. The van der Waals surface area contributed by atoms with Gasteiger partial charge in [0.15, 0.2) is 0 Å². The smallest absolute Gasteiger partial charge is 0.246 e. The molecule has 1 aliphatic heterocycles. The number of unbranched alkanes of at least 4 members (excludes halogenated alkanes) is 1. The predicted molar refractivity (Wildman–Crippen MR) is 144 cm³/mol. The maximum Gasteiger partial charge on any atom is 0.246 e. The topological polar surface area (TPSA) is 145 Å². The van der Waals surface area contributed by atoms with Crippen LogP contribution < -0.4 is 15.8 Å². The molecule has 1 aliphatic rings. The highest BCUT2D eigenvalue weighted by molar-refractivity contribution is 7.89. The molecule has 1 saturated heterocycles. The summed E-state index contributed by atoms with van der Waals surface area (Å²) in [6, 6.07) is 13.9. The van der Waals surface area contributed by atoms with E-state index < -0.39 is 28.0 Å². The monoisotopic (exact) mass is 527 g/mol. The minimum absolute atomic E-state index is 0.0273. The SMILES string of the molecule is CCCC[C@H]1CC[C@@H](C(=O)NCc2ccc(C(=N)N)cc2)N1C(=O)C(NS(=O)(=O)CC)c1ccccc1. The maximum atomic E-state index is 14.0. The van der Waals surface area contributed by atoms with Gasteiger partial charge in [-0.15, -0.1) is 0 Å². The minimum Gasteiger partial charge on any atom is -0.384 e. The molecule has 0 saturated carbocycles. The van der Waals surface area contributed by atoms with Crippen molar-refractivity contribution >= 4 is 27.7 Å². The molecule has 0 spiro atoms. The van der Waals surface area contributed by atoms with Gasteiger partial charge in [0, 0.05) is 18.2 Å². The van der Waals surface area contributed by atoms with Crippen LogP contribution in [0.5, 0.6) is 0 Å². The molecule has 1 heterocycles. The summed E-state index contributed by atoms with van der Waals surface area (Å²) in [6.45, 7) is 3.86. The lowest BCUT2D eigenvalue weighted by atomic mass is 10.0. The van der Waals surface area contributed by atoms with Crippen LogP contribution in [0, 0.1) is 5.41 Å². The highest BCUT2D eigenvalue weighted by Gasteiger charge is 2.43. The van der Waals surface area contributed by atoms with Crippen LogP contribution in [0.1, 0.15) is 68.7 Å². The number of nitrogens with two attached hydrogens (primary N) is 1. The Bertz CT molecular complexity index is 1190. The molecule has 10 heteroatoms. The van der Waals surface area contributed by atoms with Gasteiger partial charge >= 0.3 is 0 Å². The first-order valence-corrected chi connectivity index (χ1v) is 14.4. The number of nitrogen functional groups attached to an aromatic ring is 1. The highest BCUT2D eigenvalue weighted by Crippen LogP contribution is 2.31. The van der Waals surface area contributed by atoms with Crippen LogP contribution in [-0.4, -0.2) is 48.8 Å². The van der Waals surface area contributed by atoms with Crippen molar-refractivity contribution in [2.24, 2.45) is 5.73 Å². The molecule has 3 rings (SSSR count). The van der Waals surface area contributed by atoms with E-state index in [9.17, 15) is 18.0 Å². The van der Waals surface area contributed by atoms with Gasteiger partial charge in [-0.1, -0.05) is 74.4 Å². The van der Waals surface area contributed by atoms with Crippen LogP contribution in [0.3, 0.4) is 0 Å². The van der Waals surface area contributed by atoms with Crippen LogP contribution in [0.25, 0.3) is 0 Å². The third-order valence-electron chi connectivity index (χ3n) is 6.74. The maximum absolute atomic E-state index is 14.0. The van der Waals surface area contributed by atoms with Crippen molar-refractivity contribution in [3.63, 3.8) is 0 Å². The van der Waals surface area contributed by atoms with E-state index in [0.717, 1.165) is 24.8 Å². The van der Waals surface area contributed by atoms with E-state index in [1.54, 1.807) is 59.5 Å². The summed E-state index contributed by atoms with van der Waals surface area (Å²) in [6.07, 6.45) is 3.80. The van der Waals surface area contributed by atoms with Crippen LogP contribution in [0.15, 0.2) is 54.6 Å². The van der Waals surface area contributed by atoms with Crippen molar-refractivity contribution < 1.29 is 18.0 Å². The summed E-state index contributed by atoms with van der Waals surface area (Å²) >= 11 is 0. The van der Waals surface area contributed by atoms with Crippen LogP contribution in [-0.2, 0) is 26.2 Å². The number of hydrogen-bond acceptors (Lipinski definition) is 5. The number of nitrogens with one attached hydrogen (secondary N) is 3. The largest absolute Gasteiger partial charge is 0.384 e. The lowest BCUT2D eigenvalue weighted by Gasteiger charge is -2.33. The molecule has 1 fully saturated rings. The van der Waals surface area contributed by atoms with Gasteiger partial charge in [0.25, 0.3) is 0 Å². The number of rotatable bonds is 12. The zero-order chi connectivity index (χ0) is 27.0. The first-order chi connectivity index (χ1) is 17.7. The second-order valence-corrected chi connectivity index (χ2v) is 11.4. The van der Waals surface area contributed by atoms with Gasteiger partial charge in [-0.3, -0.25) is 15.0 Å². The number of hydrogen-bond donors (Lipinski definition) is 4. The zero-order valence-electron chi connectivity index (χ0n) is 21.4. The Labute approximate surface area is 219 Å². The van der Waals surface area contributed by atoms with E-state index >= 15 is 0 Å². The fourth-order valence-corrected chi connectivity index (χ4v) is 5.39. The van der Waals surface area contributed by atoms with Gasteiger partial charge in [0.2, 0.25) is 21.8 Å². The van der Waals surface area contributed by atoms with Crippen molar-refractivity contribution in [3.05, 3.63) is 71.3 Å². The molecule has 0 aliphatic carbocycles. The van der Waals surface area contributed by atoms with E-state index in [2.05, 4.69) is 17.0 Å². The van der Waals surface area contributed by atoms with Crippen molar-refractivity contribution in [2.45, 2.75) is 70.6 Å². The molecule has 0 radical (unpaired) electrons. The molecule has 5 N–H and O–H groups in total. The van der Waals surface area contributed by atoms with Gasteiger partial charge in [-0.2, -0.15) is 4.72 Å². The Morgan fingerprint density at radius 1 is 1.08 bits per heavy atom. The number of amides is 2. The Balaban J connectivity index is 1.84. The summed E-state index contributed by atoms with van der Waals surface area (Å²) in [4.78, 5) is 28.9. The Kier molecular flexibility index (Phi) is 9.82. The lowest BCUT2D eigenvalue weighted by Crippen LogP contribution is -2.52. The first-order valence-electron chi connectivity index (χ1n) is 12.7. The first kappa shape index (κ1) is 28.3. The second-order valence-electron chi connectivity index (χ2n) is 9.33. The third kappa shape index (κ3) is 7.39. The Morgan fingerprint density at radius 3 is 2.35 bits per heavy atom. The van der Waals surface area contributed by atoms with Gasteiger partial charge in [0.1, 0.15) is 17.9 Å². The molecule has 9 nitrogen and oxygen atoms in total. The number of likely N-dealkylation sites (tertiary alicyclic amines) is 1. The molecule has 0 bridgehead atoms. The molecule has 2 amide bonds. The van der Waals surface area contributed by atoms with Crippen LogP contribution in [0.4, 0.5) is 0 Å². The van der Waals surface area contributed by atoms with E-state index in [1.165, 1.54) is 6.92 Å². The number of benzene rings is 2. The molecule has 200 valence electrons. The fourth-order valence-electron chi connectivity index (χ4n) is 4.62. The molecule has 0 aromatic heterocycles. The highest BCUT2D eigenvalue weighted by atomic mass is 32.2. The molecule has 2 aromatic rings. The normalized spacial score (nSPS) is 18.4. The summed E-state index contributed by atoms with van der Waals surface area (Å²) < 4.78 is 27.6. The molecule has 3 atom stereocenters. The van der Waals surface area contributed by atoms with Crippen molar-refractivity contribution in [2.75, 3.05) is 5.75 Å². The van der Waals surface area contributed by atoms with Gasteiger partial charge < -0.3 is 16.0 Å². The van der Waals surface area contributed by atoms with E-state index in [0.29, 0.717) is 24.0 Å². The van der Waals surface area contributed by atoms with Crippen LogP contribution >= 0.6 is 0 Å². The number of nitrogens with zero attached hydrogens (tertiary/aromatic N) is 1. The van der Waals surface area contributed by atoms with E-state index in [1.807, 2.05) is 0 Å². The molecular formula is C27H37N5O4S. The van der Waals surface area contributed by atoms with Gasteiger partial charge in [-0.25, -0.2) is 8.42 Å².